The van der Waals surface area contributed by atoms with E-state index < -0.39 is 47.8 Å². The van der Waals surface area contributed by atoms with Crippen LogP contribution in [0.1, 0.15) is 77.6 Å². The second kappa shape index (κ2) is 21.8. The van der Waals surface area contributed by atoms with Gasteiger partial charge in [0, 0.05) is 55.4 Å². The van der Waals surface area contributed by atoms with Crippen LogP contribution in [0.4, 0.5) is 0 Å². The SMILES string of the molecule is CC(=O)Oc1ccc(CCc2ccc(OC(C)=O)c(OC(C)=O)c2)cc1OC(C)=O.CC(=O)Oc1ccc(Cc2ccc(OC(C)=O)c(OC(C)=O)c2)cc1OC(C)=O. The number of carbonyl (C=O) groups excluding carboxylic acids is 8. The predicted molar refractivity (Wildman–Crippen MR) is 206 cm³/mol. The highest BCUT2D eigenvalue weighted by molar-refractivity contribution is 5.76. The minimum Gasteiger partial charge on any atom is -0.423 e. The zero-order valence-electron chi connectivity index (χ0n) is 33.6. The second-order valence-corrected chi connectivity index (χ2v) is 12.6. The van der Waals surface area contributed by atoms with Gasteiger partial charge in [0.25, 0.3) is 0 Å². The molecule has 4 aromatic carbocycles. The van der Waals surface area contributed by atoms with Crippen molar-refractivity contribution in [3.63, 3.8) is 0 Å². The van der Waals surface area contributed by atoms with E-state index in [4.69, 9.17) is 37.9 Å². The minimum atomic E-state index is -0.557. The summed E-state index contributed by atoms with van der Waals surface area (Å²) in [5.41, 5.74) is 3.15. The molecule has 0 saturated carbocycles. The Morgan fingerprint density at radius 2 is 0.475 bits per heavy atom. The largest absolute Gasteiger partial charge is 0.423 e. The van der Waals surface area contributed by atoms with Crippen LogP contribution in [-0.2, 0) is 57.6 Å². The van der Waals surface area contributed by atoms with Gasteiger partial charge in [0.05, 0.1) is 0 Å². The molecule has 0 N–H and O–H groups in total. The van der Waals surface area contributed by atoms with E-state index in [-0.39, 0.29) is 46.0 Å². The summed E-state index contributed by atoms with van der Waals surface area (Å²) in [6.45, 7) is 9.99. The Hall–Kier alpha value is -7.36. The number of hydrogen-bond acceptors (Lipinski definition) is 16. The first kappa shape index (κ1) is 46.0. The van der Waals surface area contributed by atoms with Crippen molar-refractivity contribution in [2.24, 2.45) is 0 Å². The van der Waals surface area contributed by atoms with E-state index in [1.807, 2.05) is 0 Å². The number of rotatable bonds is 13. The van der Waals surface area contributed by atoms with Crippen molar-refractivity contribution in [1.29, 1.82) is 0 Å². The third kappa shape index (κ3) is 16.3. The molecular formula is C43H42O16. The van der Waals surface area contributed by atoms with Crippen molar-refractivity contribution in [1.82, 2.24) is 0 Å². The first-order chi connectivity index (χ1) is 27.8. The quantitative estimate of drug-likeness (QED) is 0.109. The second-order valence-electron chi connectivity index (χ2n) is 12.6. The van der Waals surface area contributed by atoms with Crippen LogP contribution in [0.3, 0.4) is 0 Å². The zero-order valence-corrected chi connectivity index (χ0v) is 33.6. The van der Waals surface area contributed by atoms with E-state index >= 15 is 0 Å². The maximum Gasteiger partial charge on any atom is 0.308 e. The van der Waals surface area contributed by atoms with E-state index in [2.05, 4.69) is 0 Å². The zero-order chi connectivity index (χ0) is 43.8. The van der Waals surface area contributed by atoms with Gasteiger partial charge in [-0.3, -0.25) is 38.4 Å². The standard InChI is InChI=1S/C22H22O8.C21H20O8/c1-13(23)27-19-9-7-17(11-21(19)29-15(3)25)5-6-18-8-10-20(28-14(2)24)22(12-18)30-16(4)26;1-12(22)26-18-7-5-16(10-20(18)28-14(3)24)9-17-6-8-19(27-13(2)23)21(11-17)29-15(4)25/h7-12H,5-6H2,1-4H3;5-8,10-11H,9H2,1-4H3. The Balaban J connectivity index is 0.000000316. The monoisotopic (exact) mass is 814 g/mol. The molecule has 0 aromatic heterocycles. The fraction of sp³-hybridized carbons (Fsp3) is 0.256. The Morgan fingerprint density at radius 1 is 0.288 bits per heavy atom. The highest BCUT2D eigenvalue weighted by Crippen LogP contribution is 2.34. The van der Waals surface area contributed by atoms with Crippen molar-refractivity contribution >= 4 is 47.8 Å². The van der Waals surface area contributed by atoms with Gasteiger partial charge >= 0.3 is 47.8 Å². The van der Waals surface area contributed by atoms with E-state index in [1.165, 1.54) is 67.5 Å². The lowest BCUT2D eigenvalue weighted by atomic mass is 10.0. The van der Waals surface area contributed by atoms with E-state index in [1.54, 1.807) is 60.7 Å². The van der Waals surface area contributed by atoms with Crippen molar-refractivity contribution in [3.8, 4) is 46.0 Å². The van der Waals surface area contributed by atoms with Gasteiger partial charge < -0.3 is 37.9 Å². The number of benzene rings is 4. The van der Waals surface area contributed by atoms with Crippen molar-refractivity contribution in [2.75, 3.05) is 0 Å². The highest BCUT2D eigenvalue weighted by Gasteiger charge is 2.16. The summed E-state index contributed by atoms with van der Waals surface area (Å²) >= 11 is 0. The molecule has 310 valence electrons. The molecule has 0 aliphatic rings. The Bertz CT molecular complexity index is 2100. The third-order valence-corrected chi connectivity index (χ3v) is 7.17. The first-order valence-electron chi connectivity index (χ1n) is 17.8. The number of ether oxygens (including phenoxy) is 8. The van der Waals surface area contributed by atoms with Crippen LogP contribution in [0.15, 0.2) is 72.8 Å². The van der Waals surface area contributed by atoms with E-state index in [0.29, 0.717) is 19.3 Å². The number of carbonyl (C=O) groups is 8. The van der Waals surface area contributed by atoms with Gasteiger partial charge in [-0.1, -0.05) is 24.3 Å². The first-order valence-corrected chi connectivity index (χ1v) is 17.8. The molecule has 0 bridgehead atoms. The van der Waals surface area contributed by atoms with Crippen LogP contribution in [0, 0.1) is 0 Å². The molecule has 0 aliphatic heterocycles. The molecule has 0 atom stereocenters. The van der Waals surface area contributed by atoms with Crippen LogP contribution < -0.4 is 37.9 Å². The lowest BCUT2D eigenvalue weighted by molar-refractivity contribution is -0.134. The molecule has 4 aromatic rings. The molecule has 59 heavy (non-hydrogen) atoms. The molecule has 16 nitrogen and oxygen atoms in total. The van der Waals surface area contributed by atoms with Crippen LogP contribution >= 0.6 is 0 Å². The molecule has 0 amide bonds. The van der Waals surface area contributed by atoms with Crippen molar-refractivity contribution in [3.05, 3.63) is 95.1 Å². The normalized spacial score (nSPS) is 10.1. The maximum absolute atomic E-state index is 11.3. The Labute approximate surface area is 339 Å². The van der Waals surface area contributed by atoms with E-state index in [0.717, 1.165) is 22.3 Å². The van der Waals surface area contributed by atoms with Gasteiger partial charge in [-0.05, 0) is 90.0 Å². The molecule has 16 heteroatoms. The molecule has 4 rings (SSSR count). The van der Waals surface area contributed by atoms with Crippen LogP contribution in [0.2, 0.25) is 0 Å². The van der Waals surface area contributed by atoms with Crippen LogP contribution in [0.5, 0.6) is 46.0 Å². The van der Waals surface area contributed by atoms with Gasteiger partial charge in [0.2, 0.25) is 0 Å². The smallest absolute Gasteiger partial charge is 0.308 e. The average Bonchev–Trinajstić information content (AvgIpc) is 3.10. The summed E-state index contributed by atoms with van der Waals surface area (Å²) in [5, 5.41) is 0. The Kier molecular flexibility index (Phi) is 17.0. The summed E-state index contributed by atoms with van der Waals surface area (Å²) in [6, 6.07) is 19.5. The minimum absolute atomic E-state index is 0.113. The number of aryl methyl sites for hydroxylation is 2. The summed E-state index contributed by atoms with van der Waals surface area (Å²) in [5.74, 6) is -3.22. The van der Waals surface area contributed by atoms with Crippen LogP contribution in [0.25, 0.3) is 0 Å². The summed E-state index contributed by atoms with van der Waals surface area (Å²) < 4.78 is 40.7. The molecule has 0 fully saturated rings. The van der Waals surface area contributed by atoms with Gasteiger partial charge in [-0.15, -0.1) is 0 Å². The summed E-state index contributed by atoms with van der Waals surface area (Å²) in [7, 11) is 0. The third-order valence-electron chi connectivity index (χ3n) is 7.17. The number of esters is 8. The lowest BCUT2D eigenvalue weighted by Crippen LogP contribution is -2.08. The molecule has 0 heterocycles. The highest BCUT2D eigenvalue weighted by atomic mass is 16.6. The van der Waals surface area contributed by atoms with Gasteiger partial charge in [0.15, 0.2) is 46.0 Å². The van der Waals surface area contributed by atoms with Crippen LogP contribution in [-0.4, -0.2) is 47.8 Å². The summed E-state index contributed by atoms with van der Waals surface area (Å²) in [4.78, 5) is 90.2. The fourth-order valence-corrected chi connectivity index (χ4v) is 5.16. The fourth-order valence-electron chi connectivity index (χ4n) is 5.16. The van der Waals surface area contributed by atoms with Gasteiger partial charge in [0.1, 0.15) is 0 Å². The van der Waals surface area contributed by atoms with Gasteiger partial charge in [-0.2, -0.15) is 0 Å². The van der Waals surface area contributed by atoms with Crippen molar-refractivity contribution in [2.45, 2.75) is 74.7 Å². The molecular weight excluding hydrogens is 772 g/mol. The summed E-state index contributed by atoms with van der Waals surface area (Å²) in [6.07, 6.45) is 1.49. The lowest BCUT2D eigenvalue weighted by Gasteiger charge is -2.12. The molecule has 0 unspecified atom stereocenters. The topological polar surface area (TPSA) is 210 Å². The molecule has 0 saturated heterocycles. The maximum atomic E-state index is 11.3. The molecule has 0 radical (unpaired) electrons. The number of hydrogen-bond donors (Lipinski definition) is 0. The molecule has 0 spiro atoms. The van der Waals surface area contributed by atoms with Crippen molar-refractivity contribution < 1.29 is 76.3 Å². The molecule has 0 aliphatic carbocycles. The Morgan fingerprint density at radius 3 is 0.695 bits per heavy atom. The van der Waals surface area contributed by atoms with Gasteiger partial charge in [-0.25, -0.2) is 0 Å². The predicted octanol–water partition coefficient (Wildman–Crippen LogP) is 6.15. The average molecular weight is 815 g/mol. The van der Waals surface area contributed by atoms with E-state index in [9.17, 15) is 38.4 Å².